The van der Waals surface area contributed by atoms with Gasteiger partial charge in [0.15, 0.2) is 0 Å². The van der Waals surface area contributed by atoms with Crippen LogP contribution in [0, 0.1) is 11.7 Å². The van der Waals surface area contributed by atoms with Gasteiger partial charge in [0, 0.05) is 18.8 Å². The fourth-order valence-corrected chi connectivity index (χ4v) is 3.94. The molecule has 35 heavy (non-hydrogen) atoms. The van der Waals surface area contributed by atoms with Crippen molar-refractivity contribution in [1.82, 2.24) is 14.8 Å². The smallest absolute Gasteiger partial charge is 0.382 e. The predicted molar refractivity (Wildman–Crippen MR) is 124 cm³/mol. The van der Waals surface area contributed by atoms with E-state index in [1.54, 1.807) is 0 Å². The Labute approximate surface area is 203 Å². The molecule has 1 unspecified atom stereocenters. The first-order chi connectivity index (χ1) is 16.7. The van der Waals surface area contributed by atoms with E-state index in [9.17, 15) is 22.4 Å². The van der Waals surface area contributed by atoms with Gasteiger partial charge in [0.1, 0.15) is 23.2 Å². The Morgan fingerprint density at radius 1 is 1.17 bits per heavy atom. The van der Waals surface area contributed by atoms with Gasteiger partial charge in [0.25, 0.3) is 5.56 Å². The molecule has 0 spiro atoms. The number of aromatic nitrogens is 3. The van der Waals surface area contributed by atoms with E-state index in [1.807, 2.05) is 0 Å². The number of pyridine rings is 1. The number of benzene rings is 1. The summed E-state index contributed by atoms with van der Waals surface area (Å²) < 4.78 is 59.3. The van der Waals surface area contributed by atoms with Crippen LogP contribution < -0.4 is 15.8 Å². The highest BCUT2D eigenvalue weighted by atomic mass is 35.5. The molecule has 1 aromatic carbocycles. The lowest BCUT2D eigenvalue weighted by Crippen LogP contribution is -2.31. The highest BCUT2D eigenvalue weighted by molar-refractivity contribution is 6.32. The monoisotopic (exact) mass is 511 g/mol. The van der Waals surface area contributed by atoms with Crippen LogP contribution in [-0.2, 0) is 4.74 Å². The van der Waals surface area contributed by atoms with Gasteiger partial charge < -0.3 is 15.0 Å². The Bertz CT molecular complexity index is 1200. The van der Waals surface area contributed by atoms with Crippen LogP contribution in [0.15, 0.2) is 53.6 Å². The second kappa shape index (κ2) is 10.6. The van der Waals surface area contributed by atoms with Gasteiger partial charge in [-0.1, -0.05) is 11.6 Å². The van der Waals surface area contributed by atoms with Gasteiger partial charge in [-0.2, -0.15) is 23.0 Å². The summed E-state index contributed by atoms with van der Waals surface area (Å²) in [4.78, 5) is 17.5. The summed E-state index contributed by atoms with van der Waals surface area (Å²) in [6.45, 7) is 0.649. The van der Waals surface area contributed by atoms with Crippen molar-refractivity contribution in [1.29, 1.82) is 0 Å². The zero-order valence-electron chi connectivity index (χ0n) is 18.4. The van der Waals surface area contributed by atoms with E-state index in [2.05, 4.69) is 15.4 Å². The number of halogens is 5. The zero-order chi connectivity index (χ0) is 25.0. The third-order valence-electron chi connectivity index (χ3n) is 5.49. The molecule has 1 fully saturated rings. The molecule has 1 saturated heterocycles. The lowest BCUT2D eigenvalue weighted by molar-refractivity contribution is -0.118. The summed E-state index contributed by atoms with van der Waals surface area (Å²) in [5.74, 6) is -0.429. The number of anilines is 3. The lowest BCUT2D eigenvalue weighted by Gasteiger charge is -2.25. The molecule has 0 bridgehead atoms. The summed E-state index contributed by atoms with van der Waals surface area (Å²) in [5.41, 5.74) is 0.287. The van der Waals surface area contributed by atoms with E-state index in [-0.39, 0.29) is 16.5 Å². The SMILES string of the molecule is O=c1c(Cl)c(NCC2CCCOC2)cnn1-c1ccc(N(CC(F)(F)F)c2ccc(F)cn2)cc1. The molecule has 2 aromatic heterocycles. The highest BCUT2D eigenvalue weighted by Crippen LogP contribution is 2.29. The third-order valence-corrected chi connectivity index (χ3v) is 5.85. The predicted octanol–water partition coefficient (Wildman–Crippen LogP) is 4.96. The summed E-state index contributed by atoms with van der Waals surface area (Å²) in [6.07, 6.45) is -0.268. The van der Waals surface area contributed by atoms with Crippen LogP contribution in [0.3, 0.4) is 0 Å². The maximum absolute atomic E-state index is 13.2. The maximum atomic E-state index is 13.2. The molecule has 12 heteroatoms. The molecule has 1 N–H and O–H groups in total. The first kappa shape index (κ1) is 24.9. The quantitative estimate of drug-likeness (QED) is 0.452. The third kappa shape index (κ3) is 6.29. The molecule has 3 heterocycles. The van der Waals surface area contributed by atoms with Gasteiger partial charge >= 0.3 is 6.18 Å². The number of nitrogens with one attached hydrogen (secondary N) is 1. The standard InChI is InChI=1S/C23H22ClF4N5O2/c24-21-19(29-10-15-2-1-9-35-13-15)12-31-33(22(21)34)18-6-4-17(5-7-18)32(14-23(26,27)28)20-8-3-16(25)11-30-20/h3-8,11-12,15,29H,1-2,9-10,13-14H2. The molecule has 0 aliphatic carbocycles. The molecule has 0 saturated carbocycles. The van der Waals surface area contributed by atoms with Crippen molar-refractivity contribution in [3.8, 4) is 5.69 Å². The topological polar surface area (TPSA) is 72.3 Å². The summed E-state index contributed by atoms with van der Waals surface area (Å²) in [5, 5.41) is 7.24. The minimum Gasteiger partial charge on any atom is -0.382 e. The zero-order valence-corrected chi connectivity index (χ0v) is 19.2. The van der Waals surface area contributed by atoms with Gasteiger partial charge in [-0.25, -0.2) is 9.37 Å². The van der Waals surface area contributed by atoms with E-state index in [4.69, 9.17) is 16.3 Å². The van der Waals surface area contributed by atoms with Crippen molar-refractivity contribution in [3.05, 3.63) is 70.0 Å². The molecule has 1 aliphatic rings. The Balaban J connectivity index is 1.55. The number of hydrogen-bond donors (Lipinski definition) is 1. The molecule has 0 radical (unpaired) electrons. The molecule has 7 nitrogen and oxygen atoms in total. The van der Waals surface area contributed by atoms with E-state index >= 15 is 0 Å². The van der Waals surface area contributed by atoms with Crippen LogP contribution in [0.25, 0.3) is 5.69 Å². The van der Waals surface area contributed by atoms with Gasteiger partial charge in [0.2, 0.25) is 0 Å². The number of rotatable bonds is 7. The van der Waals surface area contributed by atoms with Gasteiger partial charge in [-0.3, -0.25) is 4.79 Å². The fourth-order valence-electron chi connectivity index (χ4n) is 3.75. The van der Waals surface area contributed by atoms with Crippen molar-refractivity contribution in [2.45, 2.75) is 19.0 Å². The minimum atomic E-state index is -4.53. The van der Waals surface area contributed by atoms with Crippen molar-refractivity contribution in [3.63, 3.8) is 0 Å². The summed E-state index contributed by atoms with van der Waals surface area (Å²) >= 11 is 6.27. The van der Waals surface area contributed by atoms with Gasteiger partial charge in [0.05, 0.1) is 30.4 Å². The van der Waals surface area contributed by atoms with Crippen molar-refractivity contribution in [2.24, 2.45) is 5.92 Å². The number of ether oxygens (including phenoxy) is 1. The van der Waals surface area contributed by atoms with Crippen LogP contribution in [-0.4, -0.2) is 47.2 Å². The molecule has 4 rings (SSSR count). The molecule has 0 amide bonds. The Morgan fingerprint density at radius 2 is 1.94 bits per heavy atom. The van der Waals surface area contributed by atoms with Gasteiger partial charge in [-0.15, -0.1) is 0 Å². The van der Waals surface area contributed by atoms with E-state index in [0.717, 1.165) is 47.4 Å². The van der Waals surface area contributed by atoms with Crippen molar-refractivity contribution >= 4 is 28.8 Å². The number of hydrogen-bond acceptors (Lipinski definition) is 6. The van der Waals surface area contributed by atoms with E-state index in [0.29, 0.717) is 30.4 Å². The lowest BCUT2D eigenvalue weighted by atomic mass is 10.0. The highest BCUT2D eigenvalue weighted by Gasteiger charge is 2.32. The maximum Gasteiger partial charge on any atom is 0.406 e. The van der Waals surface area contributed by atoms with Crippen molar-refractivity contribution in [2.75, 3.05) is 36.5 Å². The van der Waals surface area contributed by atoms with Crippen LogP contribution in [0.5, 0.6) is 0 Å². The van der Waals surface area contributed by atoms with Gasteiger partial charge in [-0.05, 0) is 55.2 Å². The molecular formula is C23H22ClF4N5O2. The first-order valence-electron chi connectivity index (χ1n) is 10.9. The normalized spacial score (nSPS) is 16.2. The summed E-state index contributed by atoms with van der Waals surface area (Å²) in [6, 6.07) is 7.86. The Morgan fingerprint density at radius 3 is 2.57 bits per heavy atom. The van der Waals surface area contributed by atoms with Crippen LogP contribution in [0.1, 0.15) is 12.8 Å². The molecule has 1 atom stereocenters. The minimum absolute atomic E-state index is 0.0463. The molecular weight excluding hydrogens is 490 g/mol. The Kier molecular flexibility index (Phi) is 7.56. The Hall–Kier alpha value is -3.18. The van der Waals surface area contributed by atoms with E-state index in [1.165, 1.54) is 30.5 Å². The van der Waals surface area contributed by atoms with Crippen molar-refractivity contribution < 1.29 is 22.3 Å². The first-order valence-corrected chi connectivity index (χ1v) is 11.2. The van der Waals surface area contributed by atoms with Crippen LogP contribution in [0.4, 0.5) is 34.8 Å². The summed E-state index contributed by atoms with van der Waals surface area (Å²) in [7, 11) is 0. The molecule has 3 aromatic rings. The van der Waals surface area contributed by atoms with E-state index < -0.39 is 24.1 Å². The average molecular weight is 512 g/mol. The second-order valence-electron chi connectivity index (χ2n) is 8.11. The number of alkyl halides is 3. The number of nitrogens with zero attached hydrogens (tertiary/aromatic N) is 4. The largest absolute Gasteiger partial charge is 0.406 e. The average Bonchev–Trinajstić information content (AvgIpc) is 2.84. The van der Waals surface area contributed by atoms with Crippen LogP contribution >= 0.6 is 11.6 Å². The molecule has 186 valence electrons. The van der Waals surface area contributed by atoms with Crippen LogP contribution in [0.2, 0.25) is 5.02 Å². The molecule has 1 aliphatic heterocycles. The second-order valence-corrected chi connectivity index (χ2v) is 8.48. The fraction of sp³-hybridized carbons (Fsp3) is 0.348.